The molecule has 3 aromatic carbocycles. The van der Waals surface area contributed by atoms with Gasteiger partial charge in [0.15, 0.2) is 23.2 Å². The summed E-state index contributed by atoms with van der Waals surface area (Å²) >= 11 is 0. The first kappa shape index (κ1) is 26.5. The van der Waals surface area contributed by atoms with Crippen LogP contribution in [0.25, 0.3) is 11.1 Å². The van der Waals surface area contributed by atoms with Crippen molar-refractivity contribution >= 4 is 5.97 Å². The van der Waals surface area contributed by atoms with Gasteiger partial charge in [0, 0.05) is 5.56 Å². The topological polar surface area (TPSA) is 26.3 Å². The highest BCUT2D eigenvalue weighted by atomic mass is 19.2. The number of esters is 1. The maximum absolute atomic E-state index is 13.7. The van der Waals surface area contributed by atoms with Crippen LogP contribution in [-0.2, 0) is 4.79 Å². The summed E-state index contributed by atoms with van der Waals surface area (Å²) in [5, 5.41) is 0. The Balaban J connectivity index is 0.000000198. The van der Waals surface area contributed by atoms with E-state index in [-0.39, 0.29) is 17.2 Å². The van der Waals surface area contributed by atoms with E-state index in [1.807, 2.05) is 19.1 Å². The predicted octanol–water partition coefficient (Wildman–Crippen LogP) is 8.25. The van der Waals surface area contributed by atoms with Gasteiger partial charge in [0.2, 0.25) is 5.82 Å². The molecule has 0 N–H and O–H groups in total. The molecule has 0 bridgehead atoms. The first-order valence-electron chi connectivity index (χ1n) is 11.8. The van der Waals surface area contributed by atoms with Gasteiger partial charge in [-0.25, -0.2) is 13.2 Å². The van der Waals surface area contributed by atoms with Gasteiger partial charge in [-0.1, -0.05) is 55.0 Å². The zero-order chi connectivity index (χ0) is 25.7. The summed E-state index contributed by atoms with van der Waals surface area (Å²) < 4.78 is 59.0. The molecule has 0 saturated heterocycles. The Labute approximate surface area is 203 Å². The van der Waals surface area contributed by atoms with Gasteiger partial charge in [-0.05, 0) is 75.1 Å². The number of carbonyl (C=O) groups is 1. The highest BCUT2D eigenvalue weighted by Crippen LogP contribution is 2.31. The number of ether oxygens (including phenoxy) is 1. The number of hydrogen-bond acceptors (Lipinski definition) is 2. The predicted molar refractivity (Wildman–Crippen MR) is 129 cm³/mol. The smallest absolute Gasteiger partial charge is 0.314 e. The van der Waals surface area contributed by atoms with Crippen LogP contribution in [0.4, 0.5) is 17.6 Å². The first-order valence-corrected chi connectivity index (χ1v) is 11.8. The second kappa shape index (κ2) is 11.5. The second-order valence-electron chi connectivity index (χ2n) is 9.31. The van der Waals surface area contributed by atoms with Gasteiger partial charge in [0.25, 0.3) is 0 Å². The second-order valence-corrected chi connectivity index (χ2v) is 9.31. The first-order chi connectivity index (χ1) is 16.6. The molecule has 4 rings (SSSR count). The van der Waals surface area contributed by atoms with Crippen molar-refractivity contribution in [3.05, 3.63) is 88.5 Å². The van der Waals surface area contributed by atoms with Crippen LogP contribution in [0.15, 0.2) is 48.5 Å². The highest BCUT2D eigenvalue weighted by molar-refractivity contribution is 5.75. The van der Waals surface area contributed by atoms with Crippen LogP contribution in [0.1, 0.15) is 49.3 Å². The molecule has 0 heterocycles. The SMILES string of the molecule is Cc1ccc(-c2ccc(C)c(F)c2F)cc1.Cc1ccc(OC(=O)C2CCC(C)CC2)c(F)c1F. The van der Waals surface area contributed by atoms with E-state index in [0.29, 0.717) is 22.6 Å². The zero-order valence-corrected chi connectivity index (χ0v) is 20.4. The molecule has 1 aliphatic carbocycles. The van der Waals surface area contributed by atoms with E-state index in [0.717, 1.165) is 31.2 Å². The van der Waals surface area contributed by atoms with Crippen molar-refractivity contribution in [2.24, 2.45) is 11.8 Å². The molecule has 35 heavy (non-hydrogen) atoms. The number of halogens is 4. The summed E-state index contributed by atoms with van der Waals surface area (Å²) in [6, 6.07) is 13.3. The van der Waals surface area contributed by atoms with E-state index in [4.69, 9.17) is 4.74 Å². The van der Waals surface area contributed by atoms with Crippen LogP contribution in [0.5, 0.6) is 5.75 Å². The van der Waals surface area contributed by atoms with Crippen LogP contribution in [0.2, 0.25) is 0 Å². The Hall–Kier alpha value is -3.15. The van der Waals surface area contributed by atoms with Gasteiger partial charge >= 0.3 is 5.97 Å². The summed E-state index contributed by atoms with van der Waals surface area (Å²) in [5.41, 5.74) is 2.62. The molecule has 0 unspecified atom stereocenters. The molecule has 1 saturated carbocycles. The lowest BCUT2D eigenvalue weighted by Gasteiger charge is -2.24. The van der Waals surface area contributed by atoms with Gasteiger partial charge in [0.1, 0.15) is 0 Å². The Morgan fingerprint density at radius 1 is 0.714 bits per heavy atom. The van der Waals surface area contributed by atoms with E-state index in [1.165, 1.54) is 19.1 Å². The van der Waals surface area contributed by atoms with Crippen LogP contribution in [-0.4, -0.2) is 5.97 Å². The lowest BCUT2D eigenvalue weighted by Crippen LogP contribution is -2.25. The van der Waals surface area contributed by atoms with E-state index >= 15 is 0 Å². The Bertz CT molecular complexity index is 1180. The molecule has 186 valence electrons. The van der Waals surface area contributed by atoms with E-state index in [1.54, 1.807) is 31.2 Å². The molecule has 0 aliphatic heterocycles. The molecule has 3 aromatic rings. The Morgan fingerprint density at radius 3 is 1.86 bits per heavy atom. The van der Waals surface area contributed by atoms with Crippen LogP contribution in [0, 0.1) is 55.9 Å². The van der Waals surface area contributed by atoms with Crippen molar-refractivity contribution in [2.75, 3.05) is 0 Å². The Morgan fingerprint density at radius 2 is 1.26 bits per heavy atom. The van der Waals surface area contributed by atoms with Gasteiger partial charge in [-0.2, -0.15) is 4.39 Å². The maximum Gasteiger partial charge on any atom is 0.314 e. The van der Waals surface area contributed by atoms with Gasteiger partial charge in [0.05, 0.1) is 5.92 Å². The minimum atomic E-state index is -1.09. The summed E-state index contributed by atoms with van der Waals surface area (Å²) in [7, 11) is 0. The number of benzene rings is 3. The largest absolute Gasteiger partial charge is 0.423 e. The van der Waals surface area contributed by atoms with Crippen molar-refractivity contribution in [2.45, 2.75) is 53.4 Å². The van der Waals surface area contributed by atoms with Crippen molar-refractivity contribution in [1.82, 2.24) is 0 Å². The fourth-order valence-corrected chi connectivity index (χ4v) is 4.00. The molecule has 0 radical (unpaired) electrons. The van der Waals surface area contributed by atoms with Crippen molar-refractivity contribution in [3.63, 3.8) is 0 Å². The summed E-state index contributed by atoms with van der Waals surface area (Å²) in [5.74, 6) is -3.92. The van der Waals surface area contributed by atoms with Crippen molar-refractivity contribution < 1.29 is 27.1 Å². The van der Waals surface area contributed by atoms with Gasteiger partial charge < -0.3 is 4.74 Å². The van der Waals surface area contributed by atoms with Crippen LogP contribution < -0.4 is 4.74 Å². The third kappa shape index (κ3) is 6.50. The highest BCUT2D eigenvalue weighted by Gasteiger charge is 2.27. The van der Waals surface area contributed by atoms with E-state index in [2.05, 4.69) is 6.92 Å². The number of carbonyl (C=O) groups excluding carboxylic acids is 1. The lowest BCUT2D eigenvalue weighted by atomic mass is 9.83. The van der Waals surface area contributed by atoms with Crippen molar-refractivity contribution in [3.8, 4) is 16.9 Å². The summed E-state index contributed by atoms with van der Waals surface area (Å²) in [6.07, 6.45) is 3.47. The van der Waals surface area contributed by atoms with E-state index < -0.39 is 29.2 Å². The third-order valence-corrected chi connectivity index (χ3v) is 6.44. The molecular formula is C29H30F4O2. The normalized spacial score (nSPS) is 17.4. The molecule has 0 atom stereocenters. The van der Waals surface area contributed by atoms with Crippen LogP contribution in [0.3, 0.4) is 0 Å². The molecule has 1 aliphatic rings. The molecule has 2 nitrogen and oxygen atoms in total. The lowest BCUT2D eigenvalue weighted by molar-refractivity contribution is -0.140. The fraction of sp³-hybridized carbons (Fsp3) is 0.345. The zero-order valence-electron chi connectivity index (χ0n) is 20.4. The van der Waals surface area contributed by atoms with Gasteiger partial charge in [-0.15, -0.1) is 0 Å². The average Bonchev–Trinajstić information content (AvgIpc) is 2.84. The maximum atomic E-state index is 13.7. The fourth-order valence-electron chi connectivity index (χ4n) is 4.00. The third-order valence-electron chi connectivity index (χ3n) is 6.44. The average molecular weight is 487 g/mol. The number of rotatable bonds is 3. The number of hydrogen-bond donors (Lipinski definition) is 0. The summed E-state index contributed by atoms with van der Waals surface area (Å²) in [6.45, 7) is 7.12. The molecule has 0 spiro atoms. The minimum Gasteiger partial charge on any atom is -0.423 e. The van der Waals surface area contributed by atoms with Crippen LogP contribution >= 0.6 is 0 Å². The monoisotopic (exact) mass is 486 g/mol. The minimum absolute atomic E-state index is 0.194. The summed E-state index contributed by atoms with van der Waals surface area (Å²) in [4.78, 5) is 11.9. The Kier molecular flexibility index (Phi) is 8.71. The number of aryl methyl sites for hydroxylation is 3. The molecule has 6 heteroatoms. The molecule has 1 fully saturated rings. The standard InChI is InChI=1S/C15H18F2O2.C14H12F2/c1-9-3-6-11(7-4-9)15(18)19-12-8-5-10(2)13(16)14(12)17;1-9-3-6-11(7-4-9)12-8-5-10(2)13(15)14(12)16/h5,8-9,11H,3-4,6-7H2,1-2H3;3-8H,1-2H3. The van der Waals surface area contributed by atoms with Gasteiger partial charge in [-0.3, -0.25) is 4.79 Å². The molecular weight excluding hydrogens is 456 g/mol. The van der Waals surface area contributed by atoms with E-state index in [9.17, 15) is 22.4 Å². The van der Waals surface area contributed by atoms with Crippen molar-refractivity contribution in [1.29, 1.82) is 0 Å². The molecule has 0 amide bonds. The quantitative estimate of drug-likeness (QED) is 0.212. The molecule has 0 aromatic heterocycles.